The van der Waals surface area contributed by atoms with Gasteiger partial charge in [-0.25, -0.2) is 0 Å². The Morgan fingerprint density at radius 1 is 1.13 bits per heavy atom. The van der Waals surface area contributed by atoms with E-state index in [0.717, 1.165) is 68.1 Å². The van der Waals surface area contributed by atoms with Crippen LogP contribution < -0.4 is 14.5 Å². The SMILES string of the molecule is C/C=C1/OCO/C1=C/C=C/C1C[C@H](CCc2ccccc2OC)N(CC(=O)N(CCCC)c2cccc(C)c2)C1.C[NH+](C)C.O=CO. The number of allylic oxidation sites excluding steroid dienone is 3. The van der Waals surface area contributed by atoms with Crippen LogP contribution >= 0.6 is 0 Å². The van der Waals surface area contributed by atoms with Gasteiger partial charge in [0.05, 0.1) is 34.8 Å². The molecule has 2 saturated heterocycles. The summed E-state index contributed by atoms with van der Waals surface area (Å²) < 4.78 is 16.7. The number of unbranched alkanes of at least 4 members (excludes halogenated alkanes) is 1. The summed E-state index contributed by atoms with van der Waals surface area (Å²) in [5.41, 5.74) is 3.37. The molecule has 47 heavy (non-hydrogen) atoms. The minimum absolute atomic E-state index is 0.169. The first-order valence-corrected chi connectivity index (χ1v) is 16.6. The van der Waals surface area contributed by atoms with Crippen LogP contribution in [-0.2, 0) is 25.5 Å². The van der Waals surface area contributed by atoms with Crippen LogP contribution in [0.4, 0.5) is 5.69 Å². The molecule has 1 unspecified atom stereocenters. The number of carbonyl (C=O) groups excluding carboxylic acids is 1. The number of rotatable bonds is 12. The number of carboxylic acid groups (broad SMARTS) is 1. The van der Waals surface area contributed by atoms with E-state index in [1.54, 1.807) is 7.11 Å². The molecule has 1 amide bonds. The number of methoxy groups -OCH3 is 1. The fourth-order valence-corrected chi connectivity index (χ4v) is 5.61. The highest BCUT2D eigenvalue weighted by molar-refractivity contribution is 5.94. The number of anilines is 1. The molecule has 2 aliphatic rings. The molecular weight excluding hydrogens is 594 g/mol. The van der Waals surface area contributed by atoms with Crippen LogP contribution in [0.15, 0.2) is 84.4 Å². The van der Waals surface area contributed by atoms with Crippen molar-refractivity contribution < 1.29 is 33.8 Å². The molecule has 258 valence electrons. The van der Waals surface area contributed by atoms with Crippen LogP contribution in [0.25, 0.3) is 0 Å². The van der Waals surface area contributed by atoms with Crippen molar-refractivity contribution >= 4 is 18.1 Å². The zero-order chi connectivity index (χ0) is 34.6. The van der Waals surface area contributed by atoms with E-state index in [4.69, 9.17) is 24.1 Å². The first-order chi connectivity index (χ1) is 22.7. The third-order valence-electron chi connectivity index (χ3n) is 7.75. The maximum Gasteiger partial charge on any atom is 0.290 e. The first-order valence-electron chi connectivity index (χ1n) is 16.6. The summed E-state index contributed by atoms with van der Waals surface area (Å²) in [6.07, 6.45) is 13.1. The van der Waals surface area contributed by atoms with E-state index in [-0.39, 0.29) is 19.2 Å². The van der Waals surface area contributed by atoms with E-state index in [1.165, 1.54) is 16.0 Å². The predicted molar refractivity (Wildman–Crippen MR) is 189 cm³/mol. The lowest BCUT2D eigenvalue weighted by molar-refractivity contribution is -0.836. The lowest BCUT2D eigenvalue weighted by Gasteiger charge is -2.29. The molecule has 0 aromatic heterocycles. The van der Waals surface area contributed by atoms with Crippen molar-refractivity contribution in [1.82, 2.24) is 4.90 Å². The van der Waals surface area contributed by atoms with E-state index in [1.807, 2.05) is 42.2 Å². The van der Waals surface area contributed by atoms with Gasteiger partial charge in [0.25, 0.3) is 6.47 Å². The normalized spacial score (nSPS) is 19.1. The number of aryl methyl sites for hydroxylation is 2. The summed E-state index contributed by atoms with van der Waals surface area (Å²) in [6, 6.07) is 16.8. The molecule has 2 heterocycles. The van der Waals surface area contributed by atoms with Gasteiger partial charge in [-0.05, 0) is 86.9 Å². The van der Waals surface area contributed by atoms with E-state index in [2.05, 4.69) is 82.4 Å². The number of para-hydroxylation sites is 1. The second-order valence-corrected chi connectivity index (χ2v) is 12.2. The van der Waals surface area contributed by atoms with Gasteiger partial charge in [0.15, 0.2) is 11.5 Å². The standard InChI is InChI=1S/C34H44N2O4.C3H9N.CH2O2/c1-5-7-20-36(30-15-10-12-26(3)21-30)34(37)24-35-23-27(13-11-17-33-31(6-2)39-25-40-33)22-29(35)19-18-28-14-8-9-16-32(28)38-4;1-4(2)3;2-1-3/h6,8-17,21,27,29H,5,7,18-20,22-25H2,1-4H3;1-3H3;1H,(H,2,3)/p+1/b13-11+,31-6+,33-17+;;/t27?,29-;;/m0../s1. The highest BCUT2D eigenvalue weighted by atomic mass is 16.7. The number of nitrogens with one attached hydrogen (secondary N) is 1. The Balaban J connectivity index is 0.00000100. The lowest BCUT2D eigenvalue weighted by atomic mass is 9.99. The number of amides is 1. The highest BCUT2D eigenvalue weighted by Gasteiger charge is 2.33. The van der Waals surface area contributed by atoms with Crippen molar-refractivity contribution in [1.29, 1.82) is 0 Å². The lowest BCUT2D eigenvalue weighted by Crippen LogP contribution is -3.02. The Kier molecular flexibility index (Phi) is 18.0. The Hall–Kier alpha value is -4.08. The average Bonchev–Trinajstić information content (AvgIpc) is 3.66. The van der Waals surface area contributed by atoms with Gasteiger partial charge in [-0.3, -0.25) is 14.5 Å². The molecule has 2 aromatic carbocycles. The maximum atomic E-state index is 13.8. The molecule has 9 heteroatoms. The van der Waals surface area contributed by atoms with Crippen molar-refractivity contribution in [3.63, 3.8) is 0 Å². The predicted octanol–water partition coefficient (Wildman–Crippen LogP) is 5.27. The third kappa shape index (κ3) is 13.7. The molecular formula is C38H56N3O6+. The summed E-state index contributed by atoms with van der Waals surface area (Å²) in [5, 5.41) is 6.89. The van der Waals surface area contributed by atoms with Gasteiger partial charge in [0.1, 0.15) is 5.75 Å². The summed E-state index contributed by atoms with van der Waals surface area (Å²) in [7, 11) is 7.98. The molecule has 2 aliphatic heterocycles. The van der Waals surface area contributed by atoms with E-state index in [0.29, 0.717) is 18.5 Å². The van der Waals surface area contributed by atoms with Crippen molar-refractivity contribution in [2.24, 2.45) is 5.92 Å². The van der Waals surface area contributed by atoms with Crippen LogP contribution in [0, 0.1) is 12.8 Å². The molecule has 0 saturated carbocycles. The zero-order valence-corrected chi connectivity index (χ0v) is 29.4. The number of benzene rings is 2. The minimum atomic E-state index is -0.250. The number of likely N-dealkylation sites (tertiary alicyclic amines) is 1. The van der Waals surface area contributed by atoms with Gasteiger partial charge < -0.3 is 29.1 Å². The third-order valence-corrected chi connectivity index (χ3v) is 7.75. The van der Waals surface area contributed by atoms with Gasteiger partial charge in [-0.2, -0.15) is 0 Å². The van der Waals surface area contributed by atoms with Crippen molar-refractivity contribution in [2.75, 3.05) is 59.6 Å². The topological polar surface area (TPSA) is 93.0 Å². The summed E-state index contributed by atoms with van der Waals surface area (Å²) in [6.45, 7) is 8.21. The number of carbonyl (C=O) groups is 2. The van der Waals surface area contributed by atoms with E-state index >= 15 is 0 Å². The molecule has 0 radical (unpaired) electrons. The van der Waals surface area contributed by atoms with Crippen molar-refractivity contribution in [2.45, 2.75) is 58.9 Å². The van der Waals surface area contributed by atoms with Gasteiger partial charge in [-0.15, -0.1) is 0 Å². The van der Waals surface area contributed by atoms with Gasteiger partial charge in [-0.1, -0.05) is 55.8 Å². The molecule has 0 bridgehead atoms. The second kappa shape index (κ2) is 21.7. The number of ether oxygens (including phenoxy) is 3. The molecule has 4 rings (SSSR count). The first kappa shape index (κ1) is 39.1. The fourth-order valence-electron chi connectivity index (χ4n) is 5.61. The fraction of sp³-hybridized carbons (Fsp3) is 0.474. The van der Waals surface area contributed by atoms with Crippen LogP contribution in [0.2, 0.25) is 0 Å². The summed E-state index contributed by atoms with van der Waals surface area (Å²) in [4.78, 5) is 28.0. The summed E-state index contributed by atoms with van der Waals surface area (Å²) >= 11 is 0. The average molecular weight is 651 g/mol. The molecule has 2 aromatic rings. The summed E-state index contributed by atoms with van der Waals surface area (Å²) in [5.74, 6) is 2.99. The van der Waals surface area contributed by atoms with Crippen LogP contribution in [0.5, 0.6) is 5.75 Å². The Bertz CT molecular complexity index is 1320. The van der Waals surface area contributed by atoms with Crippen molar-refractivity contribution in [3.8, 4) is 5.75 Å². The minimum Gasteiger partial charge on any atom is -0.496 e. The maximum absolute atomic E-state index is 13.8. The number of quaternary nitrogens is 1. The van der Waals surface area contributed by atoms with Crippen LogP contribution in [0.3, 0.4) is 0 Å². The zero-order valence-electron chi connectivity index (χ0n) is 29.4. The highest BCUT2D eigenvalue weighted by Crippen LogP contribution is 2.30. The molecule has 2 fully saturated rings. The number of hydrogen-bond acceptors (Lipinski definition) is 6. The Morgan fingerprint density at radius 3 is 2.49 bits per heavy atom. The van der Waals surface area contributed by atoms with Crippen LogP contribution in [0.1, 0.15) is 50.7 Å². The number of hydrogen-bond donors (Lipinski definition) is 2. The molecule has 0 spiro atoms. The molecule has 2 atom stereocenters. The Labute approximate surface area is 282 Å². The monoisotopic (exact) mass is 650 g/mol. The largest absolute Gasteiger partial charge is 0.496 e. The van der Waals surface area contributed by atoms with E-state index < -0.39 is 0 Å². The number of nitrogens with zero attached hydrogens (tertiary/aromatic N) is 2. The molecule has 2 N–H and O–H groups in total. The molecule has 9 nitrogen and oxygen atoms in total. The van der Waals surface area contributed by atoms with E-state index in [9.17, 15) is 4.79 Å². The van der Waals surface area contributed by atoms with Crippen LogP contribution in [-0.4, -0.2) is 83.1 Å². The van der Waals surface area contributed by atoms with Gasteiger partial charge in [0.2, 0.25) is 12.7 Å². The van der Waals surface area contributed by atoms with Gasteiger partial charge in [0, 0.05) is 24.8 Å². The van der Waals surface area contributed by atoms with Crippen molar-refractivity contribution in [3.05, 3.63) is 95.5 Å². The quantitative estimate of drug-likeness (QED) is 0.303. The molecule has 0 aliphatic carbocycles. The Morgan fingerprint density at radius 2 is 1.83 bits per heavy atom. The van der Waals surface area contributed by atoms with Gasteiger partial charge >= 0.3 is 0 Å². The smallest absolute Gasteiger partial charge is 0.290 e. The second-order valence-electron chi connectivity index (χ2n) is 12.2.